The van der Waals surface area contributed by atoms with E-state index >= 15 is 0 Å². The van der Waals surface area contributed by atoms with E-state index in [0.29, 0.717) is 12.0 Å². The Labute approximate surface area is 101 Å². The lowest BCUT2D eigenvalue weighted by Crippen LogP contribution is -2.25. The van der Waals surface area contributed by atoms with Crippen molar-refractivity contribution < 1.29 is 14.3 Å². The summed E-state index contributed by atoms with van der Waals surface area (Å²) in [6.07, 6.45) is 0.294. The molecule has 1 aromatic carbocycles. The fourth-order valence-corrected chi connectivity index (χ4v) is 2.14. The van der Waals surface area contributed by atoms with E-state index in [-0.39, 0.29) is 11.9 Å². The van der Waals surface area contributed by atoms with Gasteiger partial charge < -0.3 is 4.74 Å². The van der Waals surface area contributed by atoms with E-state index in [1.165, 1.54) is 0 Å². The molecule has 0 aliphatic heterocycles. The molecule has 0 heterocycles. The zero-order valence-electron chi connectivity index (χ0n) is 10.3. The predicted octanol–water partition coefficient (Wildman–Crippen LogP) is 2.30. The zero-order valence-corrected chi connectivity index (χ0v) is 10.3. The molecular weight excluding hydrogens is 216 g/mol. The van der Waals surface area contributed by atoms with Crippen molar-refractivity contribution in [3.63, 3.8) is 0 Å². The van der Waals surface area contributed by atoms with E-state index in [1.807, 2.05) is 19.1 Å². The first-order valence-corrected chi connectivity index (χ1v) is 5.83. The van der Waals surface area contributed by atoms with E-state index in [9.17, 15) is 9.59 Å². The van der Waals surface area contributed by atoms with Gasteiger partial charge in [0.1, 0.15) is 5.92 Å². The quantitative estimate of drug-likeness (QED) is 0.580. The smallest absolute Gasteiger partial charge is 0.317 e. The average molecular weight is 232 g/mol. The normalized spacial score (nSPS) is 18.4. The number of ketones is 1. The van der Waals surface area contributed by atoms with Crippen LogP contribution in [0.3, 0.4) is 0 Å². The molecule has 0 amide bonds. The van der Waals surface area contributed by atoms with Crippen molar-refractivity contribution in [2.45, 2.75) is 33.3 Å². The number of rotatable bonds is 2. The maximum atomic E-state index is 12.0. The van der Waals surface area contributed by atoms with Crippen LogP contribution in [-0.4, -0.2) is 17.9 Å². The number of aryl methyl sites for hydroxylation is 1. The largest absolute Gasteiger partial charge is 0.462 e. The fourth-order valence-electron chi connectivity index (χ4n) is 2.14. The molecule has 3 heteroatoms. The van der Waals surface area contributed by atoms with Gasteiger partial charge >= 0.3 is 5.97 Å². The molecule has 0 bridgehead atoms. The summed E-state index contributed by atoms with van der Waals surface area (Å²) < 4.78 is 5.11. The van der Waals surface area contributed by atoms with Crippen molar-refractivity contribution in [1.82, 2.24) is 0 Å². The van der Waals surface area contributed by atoms with Crippen molar-refractivity contribution in [1.29, 1.82) is 0 Å². The highest BCUT2D eigenvalue weighted by Gasteiger charge is 2.37. The first-order valence-electron chi connectivity index (χ1n) is 5.83. The number of ether oxygens (including phenoxy) is 1. The summed E-state index contributed by atoms with van der Waals surface area (Å²) in [6, 6.07) is 5.67. The minimum Gasteiger partial charge on any atom is -0.462 e. The van der Waals surface area contributed by atoms with Gasteiger partial charge in [-0.2, -0.15) is 0 Å². The lowest BCUT2D eigenvalue weighted by molar-refractivity contribution is -0.150. The number of carbonyl (C=O) groups is 2. The minimum atomic E-state index is -0.644. The van der Waals surface area contributed by atoms with Crippen molar-refractivity contribution in [3.8, 4) is 0 Å². The van der Waals surface area contributed by atoms with Crippen molar-refractivity contribution in [2.24, 2.45) is 5.92 Å². The maximum absolute atomic E-state index is 12.0. The summed E-state index contributed by atoms with van der Waals surface area (Å²) in [7, 11) is 0. The van der Waals surface area contributed by atoms with Crippen LogP contribution in [0.2, 0.25) is 0 Å². The summed E-state index contributed by atoms with van der Waals surface area (Å²) in [4.78, 5) is 23.8. The summed E-state index contributed by atoms with van der Waals surface area (Å²) in [6.45, 7) is 5.55. The van der Waals surface area contributed by atoms with Crippen LogP contribution in [0.4, 0.5) is 0 Å². The second-order valence-electron chi connectivity index (χ2n) is 4.77. The van der Waals surface area contributed by atoms with Crippen LogP contribution in [0, 0.1) is 12.8 Å². The molecule has 2 rings (SSSR count). The third-order valence-electron chi connectivity index (χ3n) is 2.90. The topological polar surface area (TPSA) is 43.4 Å². The van der Waals surface area contributed by atoms with Crippen LogP contribution < -0.4 is 0 Å². The summed E-state index contributed by atoms with van der Waals surface area (Å²) in [5, 5.41) is 0. The third-order valence-corrected chi connectivity index (χ3v) is 2.90. The fraction of sp³-hybridized carbons (Fsp3) is 0.429. The molecule has 1 unspecified atom stereocenters. The van der Waals surface area contributed by atoms with Gasteiger partial charge in [0, 0.05) is 5.56 Å². The number of benzene rings is 1. The highest BCUT2D eigenvalue weighted by Crippen LogP contribution is 2.28. The number of carbonyl (C=O) groups excluding carboxylic acids is 2. The molecule has 0 N–H and O–H groups in total. The number of fused-ring (bicyclic) bond motifs is 1. The van der Waals surface area contributed by atoms with E-state index in [0.717, 1.165) is 11.1 Å². The van der Waals surface area contributed by atoms with Crippen molar-refractivity contribution in [3.05, 3.63) is 34.9 Å². The van der Waals surface area contributed by atoms with Gasteiger partial charge in [0.15, 0.2) is 5.78 Å². The molecule has 1 aliphatic carbocycles. The standard InChI is InChI=1S/C14H16O3/c1-8(2)17-14(16)12-7-10-6-9(3)4-5-11(10)13(12)15/h4-6,8,12H,7H2,1-3H3. The van der Waals surface area contributed by atoms with Gasteiger partial charge in [-0.3, -0.25) is 9.59 Å². The number of esters is 1. The van der Waals surface area contributed by atoms with Gasteiger partial charge in [0.05, 0.1) is 6.10 Å². The molecule has 90 valence electrons. The molecule has 0 fully saturated rings. The lowest BCUT2D eigenvalue weighted by atomic mass is 10.1. The Morgan fingerprint density at radius 2 is 2.12 bits per heavy atom. The van der Waals surface area contributed by atoms with Gasteiger partial charge in [-0.25, -0.2) is 0 Å². The van der Waals surface area contributed by atoms with Gasteiger partial charge in [-0.05, 0) is 32.8 Å². The Hall–Kier alpha value is -1.64. The maximum Gasteiger partial charge on any atom is 0.317 e. The van der Waals surface area contributed by atoms with E-state index in [2.05, 4.69) is 0 Å². The van der Waals surface area contributed by atoms with Gasteiger partial charge in [0.2, 0.25) is 0 Å². The lowest BCUT2D eigenvalue weighted by Gasteiger charge is -2.11. The molecule has 0 spiro atoms. The second-order valence-corrected chi connectivity index (χ2v) is 4.77. The summed E-state index contributed by atoms with van der Waals surface area (Å²) in [5.41, 5.74) is 2.73. The molecule has 1 aliphatic rings. The van der Waals surface area contributed by atoms with Gasteiger partial charge in [0.25, 0.3) is 0 Å². The highest BCUT2D eigenvalue weighted by molar-refractivity contribution is 6.12. The Morgan fingerprint density at radius 3 is 2.76 bits per heavy atom. The van der Waals surface area contributed by atoms with Crippen LogP contribution >= 0.6 is 0 Å². The minimum absolute atomic E-state index is 0.106. The Kier molecular flexibility index (Phi) is 3.01. The van der Waals surface area contributed by atoms with Crippen LogP contribution in [0.15, 0.2) is 18.2 Å². The zero-order chi connectivity index (χ0) is 12.6. The van der Waals surface area contributed by atoms with Crippen molar-refractivity contribution >= 4 is 11.8 Å². The molecule has 1 aromatic rings. The van der Waals surface area contributed by atoms with E-state index in [1.54, 1.807) is 19.9 Å². The molecular formula is C14H16O3. The van der Waals surface area contributed by atoms with E-state index < -0.39 is 11.9 Å². The first-order chi connectivity index (χ1) is 7.99. The van der Waals surface area contributed by atoms with E-state index in [4.69, 9.17) is 4.74 Å². The number of hydrogen-bond donors (Lipinski definition) is 0. The predicted molar refractivity (Wildman–Crippen MR) is 63.9 cm³/mol. The molecule has 1 atom stereocenters. The number of Topliss-reactive ketones (excluding diaryl/α,β-unsaturated/α-hetero) is 1. The molecule has 0 radical (unpaired) electrons. The van der Waals surface area contributed by atoms with Crippen LogP contribution in [-0.2, 0) is 16.0 Å². The highest BCUT2D eigenvalue weighted by atomic mass is 16.5. The summed E-state index contributed by atoms with van der Waals surface area (Å²) in [5.74, 6) is -1.15. The second kappa shape index (κ2) is 4.32. The third kappa shape index (κ3) is 2.23. The SMILES string of the molecule is Cc1ccc2c(c1)CC(C(=O)OC(C)C)C2=O. The average Bonchev–Trinajstić information content (AvgIpc) is 2.54. The van der Waals surface area contributed by atoms with Crippen LogP contribution in [0.5, 0.6) is 0 Å². The molecule has 3 nitrogen and oxygen atoms in total. The Bertz CT molecular complexity index is 474. The summed E-state index contributed by atoms with van der Waals surface area (Å²) >= 11 is 0. The Balaban J connectivity index is 2.22. The van der Waals surface area contributed by atoms with Gasteiger partial charge in [-0.1, -0.05) is 23.8 Å². The van der Waals surface area contributed by atoms with Crippen LogP contribution in [0.25, 0.3) is 0 Å². The van der Waals surface area contributed by atoms with Gasteiger partial charge in [-0.15, -0.1) is 0 Å². The first kappa shape index (κ1) is 11.8. The number of hydrogen-bond acceptors (Lipinski definition) is 3. The van der Waals surface area contributed by atoms with Crippen molar-refractivity contribution in [2.75, 3.05) is 0 Å². The monoisotopic (exact) mass is 232 g/mol. The Morgan fingerprint density at radius 1 is 1.41 bits per heavy atom. The molecule has 0 saturated heterocycles. The molecule has 17 heavy (non-hydrogen) atoms. The van der Waals surface area contributed by atoms with Crippen LogP contribution in [0.1, 0.15) is 35.3 Å². The molecule has 0 aromatic heterocycles. The molecule has 0 saturated carbocycles.